The van der Waals surface area contributed by atoms with Crippen LogP contribution in [-0.4, -0.2) is 43.5 Å². The summed E-state index contributed by atoms with van der Waals surface area (Å²) >= 11 is 0. The Balaban J connectivity index is 4.30. The second-order valence-corrected chi connectivity index (χ2v) is 4.62. The molecule has 0 saturated heterocycles. The maximum atomic E-state index is 5.23. The average molecular weight is 217 g/mol. The van der Waals surface area contributed by atoms with E-state index in [1.807, 2.05) is 0 Å². The van der Waals surface area contributed by atoms with E-state index < -0.39 is 0 Å². The molecule has 0 aliphatic carbocycles. The molecule has 1 atom stereocenters. The molecule has 1 unspecified atom stereocenters. The van der Waals surface area contributed by atoms with Crippen LogP contribution in [0.2, 0.25) is 0 Å². The predicted molar refractivity (Wildman–Crippen MR) is 64.0 cm³/mol. The average Bonchev–Trinajstić information content (AvgIpc) is 2.12. The lowest BCUT2D eigenvalue weighted by molar-refractivity contribution is -0.118. The van der Waals surface area contributed by atoms with Gasteiger partial charge in [-0.3, -0.25) is 4.90 Å². The quantitative estimate of drug-likeness (QED) is 0.612. The molecule has 3 heteroatoms. The molecule has 0 saturated carbocycles. The minimum atomic E-state index is -0.0972. The molecule has 0 amide bonds. The largest absolute Gasteiger partial charge is 0.356 e. The summed E-state index contributed by atoms with van der Waals surface area (Å²) in [6.07, 6.45) is 0.809. The van der Waals surface area contributed by atoms with Crippen molar-refractivity contribution in [2.75, 3.05) is 14.2 Å². The summed E-state index contributed by atoms with van der Waals surface area (Å²) in [7, 11) is 3.38. The first-order valence-corrected chi connectivity index (χ1v) is 5.77. The molecular formula is C12H27NO2. The topological polar surface area (TPSA) is 21.7 Å². The van der Waals surface area contributed by atoms with E-state index in [9.17, 15) is 0 Å². The third-order valence-electron chi connectivity index (χ3n) is 2.76. The van der Waals surface area contributed by atoms with Crippen LogP contribution in [0, 0.1) is 0 Å². The van der Waals surface area contributed by atoms with Crippen molar-refractivity contribution in [3.63, 3.8) is 0 Å². The van der Waals surface area contributed by atoms with Gasteiger partial charge in [0.1, 0.15) is 0 Å². The fourth-order valence-corrected chi connectivity index (χ4v) is 2.30. The van der Waals surface area contributed by atoms with Crippen LogP contribution in [0.4, 0.5) is 0 Å². The summed E-state index contributed by atoms with van der Waals surface area (Å²) in [6.45, 7) is 11.1. The molecule has 0 N–H and O–H groups in total. The monoisotopic (exact) mass is 217 g/mol. The van der Waals surface area contributed by atoms with Crippen LogP contribution in [0.5, 0.6) is 0 Å². The molecule has 0 aliphatic rings. The van der Waals surface area contributed by atoms with Gasteiger partial charge in [0.25, 0.3) is 0 Å². The first-order chi connectivity index (χ1) is 6.93. The van der Waals surface area contributed by atoms with Crippen molar-refractivity contribution in [2.24, 2.45) is 0 Å². The van der Waals surface area contributed by atoms with Crippen molar-refractivity contribution in [1.82, 2.24) is 4.90 Å². The minimum Gasteiger partial charge on any atom is -0.356 e. The van der Waals surface area contributed by atoms with Crippen LogP contribution in [0.15, 0.2) is 0 Å². The first-order valence-electron chi connectivity index (χ1n) is 5.77. The van der Waals surface area contributed by atoms with E-state index >= 15 is 0 Å². The summed E-state index contributed by atoms with van der Waals surface area (Å²) < 4.78 is 10.5. The van der Waals surface area contributed by atoms with Crippen molar-refractivity contribution in [3.8, 4) is 0 Å². The van der Waals surface area contributed by atoms with E-state index in [4.69, 9.17) is 9.47 Å². The Morgan fingerprint density at radius 3 is 1.53 bits per heavy atom. The molecule has 0 aromatic rings. The first kappa shape index (κ1) is 14.9. The molecule has 0 aliphatic heterocycles. The number of rotatable bonds is 7. The lowest BCUT2D eigenvalue weighted by Crippen LogP contribution is -2.45. The Morgan fingerprint density at radius 2 is 1.27 bits per heavy atom. The lowest BCUT2D eigenvalue weighted by atomic mass is 10.1. The van der Waals surface area contributed by atoms with Crippen LogP contribution in [0.3, 0.4) is 0 Å². The predicted octanol–water partition coefficient (Wildman–Crippen LogP) is 2.50. The molecule has 0 spiro atoms. The molecule has 92 valence electrons. The second-order valence-electron chi connectivity index (χ2n) is 4.62. The fourth-order valence-electron chi connectivity index (χ4n) is 2.30. The molecule has 15 heavy (non-hydrogen) atoms. The zero-order valence-electron chi connectivity index (χ0n) is 11.3. The van der Waals surface area contributed by atoms with Crippen molar-refractivity contribution in [2.45, 2.75) is 65.5 Å². The van der Waals surface area contributed by atoms with E-state index in [0.717, 1.165) is 6.42 Å². The van der Waals surface area contributed by atoms with Crippen LogP contribution >= 0.6 is 0 Å². The lowest BCUT2D eigenvalue weighted by Gasteiger charge is -2.37. The summed E-state index contributed by atoms with van der Waals surface area (Å²) in [4.78, 5) is 2.48. The van der Waals surface area contributed by atoms with Gasteiger partial charge in [-0.05, 0) is 34.6 Å². The van der Waals surface area contributed by atoms with Gasteiger partial charge in [-0.1, -0.05) is 0 Å². The van der Waals surface area contributed by atoms with E-state index in [2.05, 4.69) is 39.5 Å². The molecule has 3 nitrogen and oxygen atoms in total. The molecular weight excluding hydrogens is 190 g/mol. The van der Waals surface area contributed by atoms with Gasteiger partial charge >= 0.3 is 0 Å². The molecule has 0 bridgehead atoms. The van der Waals surface area contributed by atoms with Gasteiger partial charge in [0, 0.05) is 38.8 Å². The highest BCUT2D eigenvalue weighted by Crippen LogP contribution is 2.16. The van der Waals surface area contributed by atoms with Gasteiger partial charge in [-0.2, -0.15) is 0 Å². The Hall–Kier alpha value is -0.120. The summed E-state index contributed by atoms with van der Waals surface area (Å²) in [6, 6.07) is 1.57. The number of ether oxygens (including phenoxy) is 2. The Labute approximate surface area is 94.7 Å². The molecule has 0 aromatic carbocycles. The Morgan fingerprint density at radius 1 is 0.867 bits per heavy atom. The molecule has 0 heterocycles. The van der Waals surface area contributed by atoms with E-state index in [1.54, 1.807) is 14.2 Å². The van der Waals surface area contributed by atoms with Gasteiger partial charge < -0.3 is 9.47 Å². The minimum absolute atomic E-state index is 0.0972. The van der Waals surface area contributed by atoms with Crippen LogP contribution < -0.4 is 0 Å². The molecule has 0 fully saturated rings. The van der Waals surface area contributed by atoms with Crippen molar-refractivity contribution in [3.05, 3.63) is 0 Å². The third kappa shape index (κ3) is 4.96. The van der Waals surface area contributed by atoms with Gasteiger partial charge in [0.05, 0.1) is 0 Å². The standard InChI is InChI=1S/C12H27NO2/c1-9(2)13(10(3)4)11(5)8-12(14-6)15-7/h9-12H,8H2,1-7H3. The second kappa shape index (κ2) is 7.20. The Bertz CT molecular complexity index is 148. The summed E-state index contributed by atoms with van der Waals surface area (Å²) in [5, 5.41) is 0. The fraction of sp³-hybridized carbons (Fsp3) is 1.00. The molecule has 0 radical (unpaired) electrons. The van der Waals surface area contributed by atoms with Gasteiger partial charge in [-0.15, -0.1) is 0 Å². The van der Waals surface area contributed by atoms with E-state index in [0.29, 0.717) is 18.1 Å². The number of hydrogen-bond donors (Lipinski definition) is 0. The zero-order valence-corrected chi connectivity index (χ0v) is 11.3. The molecule has 0 rings (SSSR count). The number of hydrogen-bond acceptors (Lipinski definition) is 3. The zero-order chi connectivity index (χ0) is 12.0. The maximum Gasteiger partial charge on any atom is 0.158 e. The summed E-state index contributed by atoms with van der Waals surface area (Å²) in [5.74, 6) is 0. The highest BCUT2D eigenvalue weighted by Gasteiger charge is 2.22. The third-order valence-corrected chi connectivity index (χ3v) is 2.76. The highest BCUT2D eigenvalue weighted by molar-refractivity contribution is 4.75. The van der Waals surface area contributed by atoms with Crippen molar-refractivity contribution >= 4 is 0 Å². The SMILES string of the molecule is COC(CC(C)N(C(C)C)C(C)C)OC. The molecule has 0 aromatic heterocycles. The van der Waals surface area contributed by atoms with Gasteiger partial charge in [0.15, 0.2) is 6.29 Å². The Kier molecular flexibility index (Phi) is 7.14. The maximum absolute atomic E-state index is 5.23. The van der Waals surface area contributed by atoms with Crippen molar-refractivity contribution < 1.29 is 9.47 Å². The van der Waals surface area contributed by atoms with E-state index in [1.165, 1.54) is 0 Å². The van der Waals surface area contributed by atoms with E-state index in [-0.39, 0.29) is 6.29 Å². The number of methoxy groups -OCH3 is 2. The van der Waals surface area contributed by atoms with Gasteiger partial charge in [0.2, 0.25) is 0 Å². The normalized spacial score (nSPS) is 14.6. The van der Waals surface area contributed by atoms with Crippen molar-refractivity contribution in [1.29, 1.82) is 0 Å². The van der Waals surface area contributed by atoms with Crippen LogP contribution in [-0.2, 0) is 9.47 Å². The van der Waals surface area contributed by atoms with Gasteiger partial charge in [-0.25, -0.2) is 0 Å². The van der Waals surface area contributed by atoms with Crippen LogP contribution in [0.1, 0.15) is 41.0 Å². The number of nitrogens with zero attached hydrogens (tertiary/aromatic N) is 1. The smallest absolute Gasteiger partial charge is 0.158 e. The highest BCUT2D eigenvalue weighted by atomic mass is 16.7. The summed E-state index contributed by atoms with van der Waals surface area (Å²) in [5.41, 5.74) is 0. The van der Waals surface area contributed by atoms with Crippen LogP contribution in [0.25, 0.3) is 0 Å².